The first-order valence-corrected chi connectivity index (χ1v) is 9.44. The molecule has 144 valence electrons. The number of nitro groups is 2. The third-order valence-electron chi connectivity index (χ3n) is 3.53. The Morgan fingerprint density at radius 3 is 2.25 bits per heavy atom. The summed E-state index contributed by atoms with van der Waals surface area (Å²) in [5.41, 5.74) is -0.224. The van der Waals surface area contributed by atoms with Gasteiger partial charge in [0.25, 0.3) is 11.4 Å². The van der Waals surface area contributed by atoms with Crippen LogP contribution in [0.3, 0.4) is 0 Å². The van der Waals surface area contributed by atoms with E-state index in [4.69, 9.17) is 23.2 Å². The van der Waals surface area contributed by atoms with Crippen molar-refractivity contribution >= 4 is 58.0 Å². The van der Waals surface area contributed by atoms with E-state index >= 15 is 0 Å². The SMILES string of the molecule is CSc1nc(Nc2ccc(Cl)cc2[N+](=O)[O-])nn1-c1ccc(Cl)cc1[N+](=O)[O-]. The van der Waals surface area contributed by atoms with Crippen LogP contribution in [-0.4, -0.2) is 30.9 Å². The number of nitrogens with zero attached hydrogens (tertiary/aromatic N) is 5. The Morgan fingerprint density at radius 2 is 1.64 bits per heavy atom. The molecular formula is C15H10Cl2N6O4S. The molecule has 1 aromatic heterocycles. The highest BCUT2D eigenvalue weighted by atomic mass is 35.5. The monoisotopic (exact) mass is 440 g/mol. The van der Waals surface area contributed by atoms with E-state index in [1.165, 1.54) is 52.8 Å². The summed E-state index contributed by atoms with van der Waals surface area (Å²) in [5.74, 6) is 0.0269. The van der Waals surface area contributed by atoms with Gasteiger partial charge in [-0.25, -0.2) is 0 Å². The number of anilines is 2. The minimum absolute atomic E-state index is 0.0269. The number of rotatable bonds is 6. The maximum Gasteiger partial charge on any atom is 0.296 e. The number of thioether (sulfide) groups is 1. The zero-order chi connectivity index (χ0) is 20.4. The van der Waals surface area contributed by atoms with Gasteiger partial charge in [-0.05, 0) is 30.5 Å². The van der Waals surface area contributed by atoms with E-state index in [-0.39, 0.29) is 38.7 Å². The van der Waals surface area contributed by atoms with Crippen LogP contribution in [0.2, 0.25) is 10.0 Å². The van der Waals surface area contributed by atoms with Crippen LogP contribution in [0.1, 0.15) is 0 Å². The molecule has 0 radical (unpaired) electrons. The number of aromatic nitrogens is 3. The van der Waals surface area contributed by atoms with E-state index in [1.54, 1.807) is 6.26 Å². The largest absolute Gasteiger partial charge is 0.317 e. The molecular weight excluding hydrogens is 431 g/mol. The summed E-state index contributed by atoms with van der Waals surface area (Å²) in [6.45, 7) is 0. The van der Waals surface area contributed by atoms with E-state index in [1.807, 2.05) is 0 Å². The minimum atomic E-state index is -0.593. The number of hydrogen-bond donors (Lipinski definition) is 1. The van der Waals surface area contributed by atoms with Crippen molar-refractivity contribution in [3.8, 4) is 5.69 Å². The van der Waals surface area contributed by atoms with E-state index in [2.05, 4.69) is 15.4 Å². The summed E-state index contributed by atoms with van der Waals surface area (Å²) in [4.78, 5) is 25.7. The smallest absolute Gasteiger partial charge is 0.296 e. The quantitative estimate of drug-likeness (QED) is 0.326. The second-order valence-electron chi connectivity index (χ2n) is 5.27. The molecule has 0 amide bonds. The Morgan fingerprint density at radius 1 is 1.04 bits per heavy atom. The van der Waals surface area contributed by atoms with Crippen molar-refractivity contribution in [2.24, 2.45) is 0 Å². The fourth-order valence-corrected chi connectivity index (χ4v) is 3.17. The van der Waals surface area contributed by atoms with Crippen LogP contribution in [0.4, 0.5) is 23.0 Å². The molecule has 0 fully saturated rings. The van der Waals surface area contributed by atoms with Crippen LogP contribution >= 0.6 is 35.0 Å². The third-order valence-corrected chi connectivity index (χ3v) is 4.62. The third kappa shape index (κ3) is 4.01. The number of nitrogens with one attached hydrogen (secondary N) is 1. The Kier molecular flexibility index (Phi) is 5.68. The van der Waals surface area contributed by atoms with Crippen LogP contribution in [0.25, 0.3) is 5.69 Å². The lowest BCUT2D eigenvalue weighted by Gasteiger charge is -2.05. The second kappa shape index (κ2) is 8.00. The number of nitro benzene ring substituents is 2. The maximum absolute atomic E-state index is 11.4. The molecule has 0 unspecified atom stereocenters. The second-order valence-corrected chi connectivity index (χ2v) is 6.91. The maximum atomic E-state index is 11.4. The van der Waals surface area contributed by atoms with Crippen LogP contribution in [-0.2, 0) is 0 Å². The summed E-state index contributed by atoms with van der Waals surface area (Å²) < 4.78 is 1.27. The van der Waals surface area contributed by atoms with E-state index < -0.39 is 9.85 Å². The molecule has 0 bridgehead atoms. The molecule has 0 saturated carbocycles. The highest BCUT2D eigenvalue weighted by Crippen LogP contribution is 2.32. The zero-order valence-electron chi connectivity index (χ0n) is 14.0. The summed E-state index contributed by atoms with van der Waals surface area (Å²) in [7, 11) is 0. The average molecular weight is 441 g/mol. The molecule has 2 aromatic carbocycles. The Labute approximate surface area is 171 Å². The topological polar surface area (TPSA) is 129 Å². The number of halogens is 2. The first-order valence-electron chi connectivity index (χ1n) is 7.46. The van der Waals surface area contributed by atoms with Crippen molar-refractivity contribution in [3.05, 3.63) is 66.7 Å². The fourth-order valence-electron chi connectivity index (χ4n) is 2.34. The fraction of sp³-hybridized carbons (Fsp3) is 0.0667. The van der Waals surface area contributed by atoms with Crippen LogP contribution < -0.4 is 5.32 Å². The normalized spacial score (nSPS) is 10.7. The van der Waals surface area contributed by atoms with Gasteiger partial charge in [0.05, 0.1) is 9.85 Å². The molecule has 28 heavy (non-hydrogen) atoms. The molecule has 0 aliphatic rings. The van der Waals surface area contributed by atoms with Crippen molar-refractivity contribution in [1.29, 1.82) is 0 Å². The van der Waals surface area contributed by atoms with E-state index in [0.717, 1.165) is 0 Å². The summed E-state index contributed by atoms with van der Waals surface area (Å²) in [6, 6.07) is 8.24. The van der Waals surface area contributed by atoms with Gasteiger partial charge in [-0.15, -0.1) is 5.10 Å². The van der Waals surface area contributed by atoms with E-state index in [9.17, 15) is 20.2 Å². The Hall–Kier alpha value is -2.89. The Bertz CT molecular complexity index is 1090. The summed E-state index contributed by atoms with van der Waals surface area (Å²) in [5, 5.41) is 30.3. The van der Waals surface area contributed by atoms with Crippen molar-refractivity contribution in [3.63, 3.8) is 0 Å². The average Bonchev–Trinajstić information content (AvgIpc) is 3.05. The van der Waals surface area contributed by atoms with Gasteiger partial charge in [0.15, 0.2) is 5.16 Å². The molecule has 13 heteroatoms. The molecule has 10 nitrogen and oxygen atoms in total. The zero-order valence-corrected chi connectivity index (χ0v) is 16.3. The van der Waals surface area contributed by atoms with Gasteiger partial charge in [-0.1, -0.05) is 35.0 Å². The minimum Gasteiger partial charge on any atom is -0.317 e. The standard InChI is InChI=1S/C15H10Cl2N6O4S/c1-28-15-19-14(18-10-4-2-8(16)6-12(10)22(24)25)20-21(15)11-5-3-9(17)7-13(11)23(26)27/h2-7H,1H3,(H,18,20). The lowest BCUT2D eigenvalue weighted by molar-refractivity contribution is -0.384. The highest BCUT2D eigenvalue weighted by molar-refractivity contribution is 7.98. The van der Waals surface area contributed by atoms with Crippen LogP contribution in [0.15, 0.2) is 41.6 Å². The molecule has 1 heterocycles. The molecule has 0 atom stereocenters. The lowest BCUT2D eigenvalue weighted by atomic mass is 10.2. The molecule has 3 aromatic rings. The van der Waals surface area contributed by atoms with Gasteiger partial charge >= 0.3 is 0 Å². The van der Waals surface area contributed by atoms with Crippen molar-refractivity contribution in [2.75, 3.05) is 11.6 Å². The molecule has 0 aliphatic heterocycles. The number of benzene rings is 2. The van der Waals surface area contributed by atoms with Gasteiger partial charge in [-0.3, -0.25) is 20.2 Å². The van der Waals surface area contributed by atoms with Crippen molar-refractivity contribution in [1.82, 2.24) is 14.8 Å². The number of hydrogen-bond acceptors (Lipinski definition) is 8. The van der Waals surface area contributed by atoms with Crippen LogP contribution in [0.5, 0.6) is 0 Å². The molecule has 0 spiro atoms. The Balaban J connectivity index is 2.06. The summed E-state index contributed by atoms with van der Waals surface area (Å²) >= 11 is 12.9. The van der Waals surface area contributed by atoms with Gasteiger partial charge in [0, 0.05) is 22.2 Å². The van der Waals surface area contributed by atoms with Crippen LogP contribution in [0, 0.1) is 20.2 Å². The molecule has 3 rings (SSSR count). The molecule has 1 N–H and O–H groups in total. The predicted molar refractivity (Wildman–Crippen MR) is 106 cm³/mol. The van der Waals surface area contributed by atoms with Gasteiger partial charge < -0.3 is 5.32 Å². The summed E-state index contributed by atoms with van der Waals surface area (Å²) in [6.07, 6.45) is 1.72. The first-order chi connectivity index (χ1) is 13.3. The molecule has 0 aliphatic carbocycles. The van der Waals surface area contributed by atoms with Crippen molar-refractivity contribution < 1.29 is 9.85 Å². The highest BCUT2D eigenvalue weighted by Gasteiger charge is 2.22. The first kappa shape index (κ1) is 19.9. The predicted octanol–water partition coefficient (Wildman–Crippen LogP) is 4.86. The van der Waals surface area contributed by atoms with Gasteiger partial charge in [0.1, 0.15) is 11.4 Å². The van der Waals surface area contributed by atoms with Crippen molar-refractivity contribution in [2.45, 2.75) is 5.16 Å². The van der Waals surface area contributed by atoms with Gasteiger partial charge in [0.2, 0.25) is 5.95 Å². The van der Waals surface area contributed by atoms with Gasteiger partial charge in [-0.2, -0.15) is 9.67 Å². The molecule has 0 saturated heterocycles. The van der Waals surface area contributed by atoms with E-state index in [0.29, 0.717) is 5.16 Å². The lowest BCUT2D eigenvalue weighted by Crippen LogP contribution is -2.04.